The number of fused-ring (bicyclic) bond motifs is 2. The summed E-state index contributed by atoms with van der Waals surface area (Å²) in [4.78, 5) is 19.0. The molecule has 1 aromatic heterocycles. The molecule has 4 heteroatoms. The van der Waals surface area contributed by atoms with Gasteiger partial charge in [0.2, 0.25) is 0 Å². The van der Waals surface area contributed by atoms with Crippen LogP contribution in [0.3, 0.4) is 0 Å². The van der Waals surface area contributed by atoms with Gasteiger partial charge in [-0.2, -0.15) is 0 Å². The van der Waals surface area contributed by atoms with Crippen LogP contribution in [0.15, 0.2) is 35.5 Å². The summed E-state index contributed by atoms with van der Waals surface area (Å²) in [5.41, 5.74) is 0.747. The lowest BCUT2D eigenvalue weighted by atomic mass is 10.1. The minimum atomic E-state index is 0.143. The minimum Gasteiger partial charge on any atom is -0.329 e. The van der Waals surface area contributed by atoms with Crippen molar-refractivity contribution in [2.24, 2.45) is 0 Å². The van der Waals surface area contributed by atoms with Gasteiger partial charge in [-0.15, -0.1) is 11.8 Å². The molecule has 0 unspecified atom stereocenters. The minimum absolute atomic E-state index is 0.143. The van der Waals surface area contributed by atoms with Crippen LogP contribution in [-0.4, -0.2) is 34.1 Å². The first-order valence-corrected chi connectivity index (χ1v) is 7.52. The summed E-state index contributed by atoms with van der Waals surface area (Å²) in [5.74, 6) is 0.143. The van der Waals surface area contributed by atoms with E-state index in [1.807, 2.05) is 18.4 Å². The number of hydrogen-bond acceptors (Lipinski definition) is 3. The average molecular weight is 260 g/mol. The summed E-state index contributed by atoms with van der Waals surface area (Å²) in [6.45, 7) is 0. The molecular formula is C14H16N2OS. The van der Waals surface area contributed by atoms with E-state index in [4.69, 9.17) is 0 Å². The van der Waals surface area contributed by atoms with Gasteiger partial charge in [-0.05, 0) is 37.7 Å². The highest BCUT2D eigenvalue weighted by atomic mass is 32.2. The molecular weight excluding hydrogens is 244 g/mol. The van der Waals surface area contributed by atoms with Crippen molar-refractivity contribution < 1.29 is 4.79 Å². The third-order valence-electron chi connectivity index (χ3n) is 3.74. The van der Waals surface area contributed by atoms with Gasteiger partial charge in [-0.1, -0.05) is 12.2 Å². The zero-order valence-corrected chi connectivity index (χ0v) is 11.2. The van der Waals surface area contributed by atoms with Crippen LogP contribution < -0.4 is 0 Å². The first-order chi connectivity index (χ1) is 8.81. The first-order valence-electron chi connectivity index (χ1n) is 6.29. The average Bonchev–Trinajstić information content (AvgIpc) is 2.67. The zero-order valence-electron chi connectivity index (χ0n) is 10.4. The van der Waals surface area contributed by atoms with Crippen molar-refractivity contribution in [1.82, 2.24) is 9.88 Å². The van der Waals surface area contributed by atoms with E-state index in [0.29, 0.717) is 12.1 Å². The maximum Gasteiger partial charge on any atom is 0.257 e. The lowest BCUT2D eigenvalue weighted by molar-refractivity contribution is 0.0684. The molecule has 94 valence electrons. The van der Waals surface area contributed by atoms with E-state index in [1.54, 1.807) is 6.20 Å². The standard InChI is InChI=1S/C14H16N2OS/c1-18-13-12(6-3-9-15-13)14(17)16-10-4-2-5-11(16)8-7-10/h2-4,6,9-11H,5,7-8H2,1H3/t10-,11-/m0/s1. The van der Waals surface area contributed by atoms with Crippen LogP contribution in [0.25, 0.3) is 0 Å². The molecule has 18 heavy (non-hydrogen) atoms. The van der Waals surface area contributed by atoms with Gasteiger partial charge in [0.15, 0.2) is 0 Å². The Morgan fingerprint density at radius 3 is 3.17 bits per heavy atom. The van der Waals surface area contributed by atoms with Crippen LogP contribution >= 0.6 is 11.8 Å². The number of hydrogen-bond donors (Lipinski definition) is 0. The van der Waals surface area contributed by atoms with Crippen LogP contribution in [0.1, 0.15) is 29.6 Å². The smallest absolute Gasteiger partial charge is 0.257 e. The lowest BCUT2D eigenvalue weighted by Gasteiger charge is -2.31. The molecule has 2 bridgehead atoms. The maximum atomic E-state index is 12.7. The molecule has 0 N–H and O–H groups in total. The Morgan fingerprint density at radius 1 is 1.50 bits per heavy atom. The molecule has 1 saturated heterocycles. The fraction of sp³-hybridized carbons (Fsp3) is 0.429. The number of amides is 1. The van der Waals surface area contributed by atoms with Crippen molar-refractivity contribution in [1.29, 1.82) is 0 Å². The Morgan fingerprint density at radius 2 is 2.39 bits per heavy atom. The Balaban J connectivity index is 1.93. The summed E-state index contributed by atoms with van der Waals surface area (Å²) in [6, 6.07) is 4.42. The fourth-order valence-corrected chi connectivity index (χ4v) is 3.44. The number of thioether (sulfide) groups is 1. The van der Waals surface area contributed by atoms with Crippen molar-refractivity contribution in [3.05, 3.63) is 36.0 Å². The van der Waals surface area contributed by atoms with Crippen molar-refractivity contribution in [3.63, 3.8) is 0 Å². The molecule has 2 aliphatic heterocycles. The van der Waals surface area contributed by atoms with Crippen LogP contribution in [0.5, 0.6) is 0 Å². The molecule has 0 spiro atoms. The molecule has 2 aliphatic rings. The van der Waals surface area contributed by atoms with Crippen molar-refractivity contribution >= 4 is 17.7 Å². The lowest BCUT2D eigenvalue weighted by Crippen LogP contribution is -2.42. The summed E-state index contributed by atoms with van der Waals surface area (Å²) < 4.78 is 0. The fourth-order valence-electron chi connectivity index (χ4n) is 2.90. The Bertz CT molecular complexity index is 500. The Labute approximate surface area is 111 Å². The predicted molar refractivity (Wildman–Crippen MR) is 72.8 cm³/mol. The molecule has 1 fully saturated rings. The summed E-state index contributed by atoms with van der Waals surface area (Å²) in [7, 11) is 0. The van der Waals surface area contributed by atoms with Crippen molar-refractivity contribution in [3.8, 4) is 0 Å². The van der Waals surface area contributed by atoms with Crippen LogP contribution in [0.4, 0.5) is 0 Å². The third-order valence-corrected chi connectivity index (χ3v) is 4.45. The van der Waals surface area contributed by atoms with Crippen LogP contribution in [0.2, 0.25) is 0 Å². The van der Waals surface area contributed by atoms with Crippen molar-refractivity contribution in [2.75, 3.05) is 6.26 Å². The number of nitrogens with zero attached hydrogens (tertiary/aromatic N) is 2. The molecule has 0 radical (unpaired) electrons. The topological polar surface area (TPSA) is 33.2 Å². The molecule has 3 nitrogen and oxygen atoms in total. The maximum absolute atomic E-state index is 12.7. The van der Waals surface area contributed by atoms with Gasteiger partial charge in [-0.25, -0.2) is 4.98 Å². The highest BCUT2D eigenvalue weighted by Crippen LogP contribution is 2.33. The van der Waals surface area contributed by atoms with Gasteiger partial charge >= 0.3 is 0 Å². The molecule has 1 amide bonds. The second-order valence-corrected chi connectivity index (χ2v) is 5.53. The third kappa shape index (κ3) is 1.85. The van der Waals surface area contributed by atoms with E-state index in [0.717, 1.165) is 29.9 Å². The largest absolute Gasteiger partial charge is 0.329 e. The summed E-state index contributed by atoms with van der Waals surface area (Å²) in [6.07, 6.45) is 11.3. The summed E-state index contributed by atoms with van der Waals surface area (Å²) >= 11 is 1.53. The van der Waals surface area contributed by atoms with Crippen LogP contribution in [0, 0.1) is 0 Å². The SMILES string of the molecule is CSc1ncccc1C(=O)N1[C@H]2CC=C[C@H]1CC2. The Kier molecular flexibility index (Phi) is 3.12. The van der Waals surface area contributed by atoms with Gasteiger partial charge in [-0.3, -0.25) is 4.79 Å². The predicted octanol–water partition coefficient (Wildman–Crippen LogP) is 2.74. The quantitative estimate of drug-likeness (QED) is 0.605. The van der Waals surface area contributed by atoms with Gasteiger partial charge in [0.05, 0.1) is 11.6 Å². The first kappa shape index (κ1) is 11.8. The molecule has 1 aromatic rings. The van der Waals surface area contributed by atoms with Gasteiger partial charge in [0.25, 0.3) is 5.91 Å². The van der Waals surface area contributed by atoms with E-state index in [2.05, 4.69) is 22.0 Å². The number of carbonyl (C=O) groups is 1. The van der Waals surface area contributed by atoms with Gasteiger partial charge in [0.1, 0.15) is 5.03 Å². The van der Waals surface area contributed by atoms with E-state index in [9.17, 15) is 4.79 Å². The number of pyridine rings is 1. The van der Waals surface area contributed by atoms with Gasteiger partial charge in [0, 0.05) is 12.2 Å². The highest BCUT2D eigenvalue weighted by Gasteiger charge is 2.38. The van der Waals surface area contributed by atoms with Crippen molar-refractivity contribution in [2.45, 2.75) is 36.4 Å². The normalized spacial score (nSPS) is 25.5. The van der Waals surface area contributed by atoms with E-state index >= 15 is 0 Å². The molecule has 2 atom stereocenters. The number of rotatable bonds is 2. The summed E-state index contributed by atoms with van der Waals surface area (Å²) in [5, 5.41) is 0.830. The van der Waals surface area contributed by atoms with E-state index in [1.165, 1.54) is 11.8 Å². The van der Waals surface area contributed by atoms with E-state index < -0.39 is 0 Å². The molecule has 0 aliphatic carbocycles. The molecule has 0 aromatic carbocycles. The highest BCUT2D eigenvalue weighted by molar-refractivity contribution is 7.98. The van der Waals surface area contributed by atoms with Gasteiger partial charge < -0.3 is 4.90 Å². The Hall–Kier alpha value is -1.29. The number of carbonyl (C=O) groups excluding carboxylic acids is 1. The molecule has 0 saturated carbocycles. The second-order valence-electron chi connectivity index (χ2n) is 4.74. The van der Waals surface area contributed by atoms with E-state index in [-0.39, 0.29) is 5.91 Å². The van der Waals surface area contributed by atoms with Crippen LogP contribution in [-0.2, 0) is 0 Å². The monoisotopic (exact) mass is 260 g/mol. The molecule has 3 heterocycles. The number of aromatic nitrogens is 1. The second kappa shape index (κ2) is 4.76. The molecule has 3 rings (SSSR count). The zero-order chi connectivity index (χ0) is 12.5.